The molecule has 0 aromatic rings. The highest BCUT2D eigenvalue weighted by molar-refractivity contribution is 7.85. The minimum Gasteiger partial charge on any atom is -0.748 e. The standard InChI is InChI=1S/C32H58N2O7S/c1-21(8-11-29(38)33-14-6-15-34(4,5)16-7-17-42(39,40)41)24-9-10-25-30-26(20-28(37)32(24,25)3)31(2)13-12-23(35)18-22(31)19-27(30)36/h21-28,30,35-37H,6-20H2,1-5H3,(H-,33,38,39,40,41)/t21-,22+,23-,24-,25+,26+,27-,28+,30+,31+,32-/m0/s1. The van der Waals surface area contributed by atoms with E-state index in [1.807, 2.05) is 14.1 Å². The van der Waals surface area contributed by atoms with Gasteiger partial charge in [-0.15, -0.1) is 0 Å². The third-order valence-electron chi connectivity index (χ3n) is 12.8. The maximum Gasteiger partial charge on any atom is 0.220 e. The predicted molar refractivity (Wildman–Crippen MR) is 161 cm³/mol. The van der Waals surface area contributed by atoms with Crippen LogP contribution in [0.3, 0.4) is 0 Å². The Labute approximate surface area is 254 Å². The van der Waals surface area contributed by atoms with Crippen LogP contribution in [0.15, 0.2) is 0 Å². The van der Waals surface area contributed by atoms with Gasteiger partial charge in [0.25, 0.3) is 0 Å². The van der Waals surface area contributed by atoms with E-state index in [0.29, 0.717) is 48.2 Å². The smallest absolute Gasteiger partial charge is 0.220 e. The molecule has 244 valence electrons. The van der Waals surface area contributed by atoms with E-state index in [0.717, 1.165) is 64.3 Å². The van der Waals surface area contributed by atoms with Crippen LogP contribution in [0.4, 0.5) is 0 Å². The molecule has 0 radical (unpaired) electrons. The Hall–Kier alpha value is -0.780. The molecule has 4 aliphatic rings. The molecule has 0 saturated heterocycles. The second-order valence-electron chi connectivity index (χ2n) is 15.7. The van der Waals surface area contributed by atoms with E-state index in [2.05, 4.69) is 26.1 Å². The molecule has 11 atom stereocenters. The molecular weight excluding hydrogens is 556 g/mol. The van der Waals surface area contributed by atoms with Crippen molar-refractivity contribution in [3.63, 3.8) is 0 Å². The number of amides is 1. The van der Waals surface area contributed by atoms with Crippen molar-refractivity contribution < 1.29 is 37.6 Å². The quantitative estimate of drug-likeness (QED) is 0.150. The highest BCUT2D eigenvalue weighted by Gasteiger charge is 2.65. The zero-order valence-corrected chi connectivity index (χ0v) is 27.4. The average molecular weight is 615 g/mol. The number of carbonyl (C=O) groups excluding carboxylic acids is 1. The van der Waals surface area contributed by atoms with E-state index in [1.165, 1.54) is 0 Å². The lowest BCUT2D eigenvalue weighted by molar-refractivity contribution is -0.890. The third kappa shape index (κ3) is 7.20. The lowest BCUT2D eigenvalue weighted by atomic mass is 9.43. The van der Waals surface area contributed by atoms with Gasteiger partial charge < -0.3 is 29.7 Å². The summed E-state index contributed by atoms with van der Waals surface area (Å²) in [6.07, 6.45) is 7.35. The van der Waals surface area contributed by atoms with Crippen LogP contribution in [0, 0.1) is 46.3 Å². The summed E-state index contributed by atoms with van der Waals surface area (Å²) in [5.74, 6) is 1.38. The minimum absolute atomic E-state index is 0.0368. The zero-order valence-electron chi connectivity index (χ0n) is 26.6. The van der Waals surface area contributed by atoms with Crippen molar-refractivity contribution in [2.45, 2.75) is 110 Å². The molecule has 0 aromatic carbocycles. The van der Waals surface area contributed by atoms with Gasteiger partial charge in [0.1, 0.15) is 0 Å². The molecule has 0 spiro atoms. The second-order valence-corrected chi connectivity index (χ2v) is 17.3. The highest BCUT2D eigenvalue weighted by atomic mass is 32.2. The Kier molecular flexibility index (Phi) is 10.5. The van der Waals surface area contributed by atoms with Crippen molar-refractivity contribution in [2.75, 3.05) is 39.5 Å². The van der Waals surface area contributed by atoms with E-state index >= 15 is 0 Å². The fourth-order valence-corrected chi connectivity index (χ4v) is 10.8. The van der Waals surface area contributed by atoms with Gasteiger partial charge in [-0.1, -0.05) is 20.8 Å². The molecule has 0 aliphatic heterocycles. The fourth-order valence-electron chi connectivity index (χ4n) is 10.3. The van der Waals surface area contributed by atoms with Crippen LogP contribution < -0.4 is 5.32 Å². The van der Waals surface area contributed by atoms with E-state index < -0.39 is 16.2 Å². The van der Waals surface area contributed by atoms with Crippen molar-refractivity contribution in [2.24, 2.45) is 46.3 Å². The van der Waals surface area contributed by atoms with Gasteiger partial charge in [0.15, 0.2) is 0 Å². The molecule has 9 nitrogen and oxygen atoms in total. The van der Waals surface area contributed by atoms with E-state index in [1.54, 1.807) is 0 Å². The summed E-state index contributed by atoms with van der Waals surface area (Å²) < 4.78 is 33.1. The molecule has 4 fully saturated rings. The summed E-state index contributed by atoms with van der Waals surface area (Å²) in [6, 6.07) is 0. The van der Waals surface area contributed by atoms with Gasteiger partial charge >= 0.3 is 0 Å². The van der Waals surface area contributed by atoms with Crippen molar-refractivity contribution in [3.8, 4) is 0 Å². The molecule has 42 heavy (non-hydrogen) atoms. The predicted octanol–water partition coefficient (Wildman–Crippen LogP) is 2.88. The maximum atomic E-state index is 12.7. The number of nitrogens with zero attached hydrogens (tertiary/aromatic N) is 1. The molecular formula is C32H58N2O7S. The Morgan fingerprint density at radius 1 is 1.02 bits per heavy atom. The molecule has 0 heterocycles. The van der Waals surface area contributed by atoms with Crippen molar-refractivity contribution in [1.82, 2.24) is 5.32 Å². The van der Waals surface area contributed by atoms with Crippen LogP contribution in [-0.4, -0.2) is 96.5 Å². The Morgan fingerprint density at radius 2 is 1.71 bits per heavy atom. The van der Waals surface area contributed by atoms with Crippen molar-refractivity contribution in [3.05, 3.63) is 0 Å². The fraction of sp³-hybridized carbons (Fsp3) is 0.969. The van der Waals surface area contributed by atoms with E-state index in [9.17, 15) is 33.1 Å². The zero-order chi connectivity index (χ0) is 31.1. The van der Waals surface area contributed by atoms with Gasteiger partial charge in [-0.3, -0.25) is 4.79 Å². The van der Waals surface area contributed by atoms with Crippen LogP contribution in [0.1, 0.15) is 91.4 Å². The Morgan fingerprint density at radius 3 is 2.40 bits per heavy atom. The number of aliphatic hydroxyl groups is 3. The summed E-state index contributed by atoms with van der Waals surface area (Å²) in [6.45, 7) is 8.78. The first-order valence-corrected chi connectivity index (χ1v) is 18.1. The van der Waals surface area contributed by atoms with Crippen molar-refractivity contribution in [1.29, 1.82) is 0 Å². The third-order valence-corrected chi connectivity index (χ3v) is 13.6. The monoisotopic (exact) mass is 614 g/mol. The van der Waals surface area contributed by atoms with Gasteiger partial charge in [0, 0.05) is 31.6 Å². The molecule has 10 heteroatoms. The lowest BCUT2D eigenvalue weighted by Crippen LogP contribution is -2.62. The van der Waals surface area contributed by atoms with Crippen molar-refractivity contribution >= 4 is 16.0 Å². The number of hydrogen-bond acceptors (Lipinski definition) is 7. The first-order chi connectivity index (χ1) is 19.5. The van der Waals surface area contributed by atoms with Gasteiger partial charge in [-0.05, 0) is 97.7 Å². The summed E-state index contributed by atoms with van der Waals surface area (Å²) in [5, 5.41) is 36.6. The lowest BCUT2D eigenvalue weighted by Gasteiger charge is -2.63. The highest BCUT2D eigenvalue weighted by Crippen LogP contribution is 2.68. The summed E-state index contributed by atoms with van der Waals surface area (Å²) in [5.41, 5.74) is -0.191. The normalized spacial score (nSPS) is 41.0. The SMILES string of the molecule is C[C@@H](CCC(=O)NCCC[N+](C)(C)CCCS(=O)(=O)[O-])[C@@H]1CC[C@@H]2[C@@H]3[C@@H](C[C@@H](O)[C@]21C)[C@]1(C)CC[C@H](O)C[C@@H]1C[C@@H]3O. The number of quaternary nitrogens is 1. The number of aliphatic hydroxyl groups excluding tert-OH is 3. The number of fused-ring (bicyclic) bond motifs is 5. The first-order valence-electron chi connectivity index (χ1n) is 16.5. The van der Waals surface area contributed by atoms with Crippen LogP contribution in [0.2, 0.25) is 0 Å². The molecule has 4 rings (SSSR count). The molecule has 0 bridgehead atoms. The maximum absolute atomic E-state index is 12.7. The van der Waals surface area contributed by atoms with E-state index in [-0.39, 0.29) is 52.5 Å². The van der Waals surface area contributed by atoms with Crippen LogP contribution >= 0.6 is 0 Å². The summed E-state index contributed by atoms with van der Waals surface area (Å²) >= 11 is 0. The van der Waals surface area contributed by atoms with E-state index in [4.69, 9.17) is 0 Å². The molecule has 1 amide bonds. The number of hydrogen-bond donors (Lipinski definition) is 4. The summed E-state index contributed by atoms with van der Waals surface area (Å²) in [4.78, 5) is 12.7. The van der Waals surface area contributed by atoms with Gasteiger partial charge in [-0.2, -0.15) is 0 Å². The molecule has 4 aliphatic carbocycles. The van der Waals surface area contributed by atoms with Gasteiger partial charge in [-0.25, -0.2) is 8.42 Å². The molecule has 4 N–H and O–H groups in total. The average Bonchev–Trinajstić information content (AvgIpc) is 3.24. The minimum atomic E-state index is -4.18. The second kappa shape index (κ2) is 12.9. The number of rotatable bonds is 12. The van der Waals surface area contributed by atoms with Crippen LogP contribution in [-0.2, 0) is 14.9 Å². The van der Waals surface area contributed by atoms with Gasteiger partial charge in [0.2, 0.25) is 5.91 Å². The molecule has 4 saturated carbocycles. The number of carbonyl (C=O) groups is 1. The molecule has 0 aromatic heterocycles. The van der Waals surface area contributed by atoms with Crippen LogP contribution in [0.5, 0.6) is 0 Å². The molecule has 0 unspecified atom stereocenters. The topological polar surface area (TPSA) is 147 Å². The first kappa shape index (κ1) is 34.1. The number of nitrogens with one attached hydrogen (secondary N) is 1. The Balaban J connectivity index is 1.27. The summed E-state index contributed by atoms with van der Waals surface area (Å²) in [7, 11) is -0.177. The Bertz CT molecular complexity index is 1050. The largest absolute Gasteiger partial charge is 0.748 e. The van der Waals surface area contributed by atoms with Gasteiger partial charge in [0.05, 0.1) is 55.6 Å². The van der Waals surface area contributed by atoms with Crippen LogP contribution in [0.25, 0.3) is 0 Å².